The number of aromatic hydroxyl groups is 1. The van der Waals surface area contributed by atoms with Gasteiger partial charge >= 0.3 is 12.1 Å². The Morgan fingerprint density at radius 1 is 1.24 bits per heavy atom. The number of fused-ring (bicyclic) bond motifs is 1. The summed E-state index contributed by atoms with van der Waals surface area (Å²) >= 11 is 1.13. The zero-order valence-corrected chi connectivity index (χ0v) is 15.2. The van der Waals surface area contributed by atoms with Gasteiger partial charge in [0.25, 0.3) is 5.91 Å². The van der Waals surface area contributed by atoms with Crippen LogP contribution in [-0.4, -0.2) is 48.2 Å². The number of carboxylic acid groups (broad SMARTS) is 1. The summed E-state index contributed by atoms with van der Waals surface area (Å²) in [7, 11) is 0. The smallest absolute Gasteiger partial charge is 0.433 e. The Bertz CT molecular complexity index is 1070. The molecule has 0 aromatic carbocycles. The van der Waals surface area contributed by atoms with Crippen LogP contribution < -0.4 is 5.32 Å². The number of nitrogens with zero attached hydrogens (tertiary/aromatic N) is 4. The van der Waals surface area contributed by atoms with Crippen LogP contribution in [0.1, 0.15) is 21.6 Å². The summed E-state index contributed by atoms with van der Waals surface area (Å²) < 4.78 is 39.0. The molecular weight excluding hydrogens is 415 g/mol. The molecule has 0 radical (unpaired) electrons. The molecule has 3 N–H and O–H groups in total. The number of alkyl halides is 3. The van der Waals surface area contributed by atoms with Gasteiger partial charge in [0.15, 0.2) is 5.65 Å². The molecule has 3 heterocycles. The number of carboxylic acids is 1. The third kappa shape index (κ3) is 4.56. The van der Waals surface area contributed by atoms with E-state index in [9.17, 15) is 27.9 Å². The van der Waals surface area contributed by atoms with Crippen molar-refractivity contribution in [1.82, 2.24) is 24.9 Å². The second-order valence-corrected chi connectivity index (χ2v) is 6.65. The molecule has 1 amide bonds. The Balaban J connectivity index is 1.82. The van der Waals surface area contributed by atoms with Gasteiger partial charge in [0, 0.05) is 18.0 Å². The Labute approximate surface area is 164 Å². The van der Waals surface area contributed by atoms with Gasteiger partial charge in [0.2, 0.25) is 0 Å². The largest absolute Gasteiger partial charge is 0.507 e. The van der Waals surface area contributed by atoms with Gasteiger partial charge in [-0.25, -0.2) is 9.50 Å². The maximum atomic E-state index is 12.6. The molecule has 0 spiro atoms. The van der Waals surface area contributed by atoms with E-state index in [2.05, 4.69) is 20.4 Å². The maximum Gasteiger partial charge on any atom is 0.433 e. The topological polar surface area (TPSA) is 130 Å². The van der Waals surface area contributed by atoms with Gasteiger partial charge in [-0.15, -0.1) is 11.8 Å². The molecule has 0 aliphatic carbocycles. The molecule has 13 heteroatoms. The lowest BCUT2D eigenvalue weighted by molar-refractivity contribution is -0.141. The molecule has 0 saturated heterocycles. The fourth-order valence-electron chi connectivity index (χ4n) is 2.34. The number of carbonyl (C=O) groups is 2. The second kappa shape index (κ2) is 7.95. The fourth-order valence-corrected chi connectivity index (χ4v) is 3.27. The summed E-state index contributed by atoms with van der Waals surface area (Å²) in [5.74, 6) is -2.33. The van der Waals surface area contributed by atoms with Gasteiger partial charge in [0.1, 0.15) is 34.9 Å². The van der Waals surface area contributed by atoms with E-state index in [1.54, 1.807) is 0 Å². The summed E-state index contributed by atoms with van der Waals surface area (Å²) in [6.07, 6.45) is -2.28. The average molecular weight is 427 g/mol. The number of nitrogens with one attached hydrogen (secondary N) is 1. The lowest BCUT2D eigenvalue weighted by Crippen LogP contribution is -2.29. The molecule has 0 atom stereocenters. The summed E-state index contributed by atoms with van der Waals surface area (Å²) in [5.41, 5.74) is -0.747. The number of hydrogen-bond donors (Lipinski definition) is 3. The first kappa shape index (κ1) is 20.4. The van der Waals surface area contributed by atoms with Crippen LogP contribution in [0.25, 0.3) is 5.65 Å². The van der Waals surface area contributed by atoms with Crippen molar-refractivity contribution in [3.05, 3.63) is 47.5 Å². The number of thioether (sulfide) groups is 1. The van der Waals surface area contributed by atoms with Crippen LogP contribution in [0.2, 0.25) is 0 Å². The van der Waals surface area contributed by atoms with Crippen LogP contribution >= 0.6 is 11.8 Å². The van der Waals surface area contributed by atoms with E-state index in [0.29, 0.717) is 10.6 Å². The summed E-state index contributed by atoms with van der Waals surface area (Å²) in [4.78, 5) is 30.1. The minimum atomic E-state index is -4.53. The number of pyridine rings is 2. The highest BCUT2D eigenvalue weighted by atomic mass is 32.2. The first-order chi connectivity index (χ1) is 13.7. The number of halogens is 3. The van der Waals surface area contributed by atoms with Crippen LogP contribution in [-0.2, 0) is 16.7 Å². The Hall–Kier alpha value is -3.35. The number of aromatic nitrogens is 4. The molecule has 9 nitrogen and oxygen atoms in total. The van der Waals surface area contributed by atoms with E-state index in [1.807, 2.05) is 0 Å². The van der Waals surface area contributed by atoms with Crippen molar-refractivity contribution in [3.63, 3.8) is 0 Å². The third-order valence-electron chi connectivity index (χ3n) is 3.63. The van der Waals surface area contributed by atoms with Crippen molar-refractivity contribution in [2.45, 2.75) is 17.0 Å². The van der Waals surface area contributed by atoms with Gasteiger partial charge in [0.05, 0.1) is 0 Å². The van der Waals surface area contributed by atoms with Crippen molar-refractivity contribution < 1.29 is 33.0 Å². The van der Waals surface area contributed by atoms with Crippen molar-refractivity contribution in [3.8, 4) is 5.75 Å². The highest BCUT2D eigenvalue weighted by Gasteiger charge is 2.32. The molecule has 0 fully saturated rings. The third-order valence-corrected chi connectivity index (χ3v) is 4.69. The van der Waals surface area contributed by atoms with Gasteiger partial charge in [-0.1, -0.05) is 6.07 Å². The highest BCUT2D eigenvalue weighted by molar-refractivity contribution is 7.98. The SMILES string of the molecule is O=C(O)CNC(=O)c1c(O)cc(SCc2ccc(C(F)(F)F)nc2)n2ncnc12. The Kier molecular flexibility index (Phi) is 5.59. The van der Waals surface area contributed by atoms with Gasteiger partial charge in [-0.3, -0.25) is 14.6 Å². The quantitative estimate of drug-likeness (QED) is 0.509. The van der Waals surface area contributed by atoms with Crippen molar-refractivity contribution in [2.75, 3.05) is 6.54 Å². The Morgan fingerprint density at radius 2 is 2.00 bits per heavy atom. The molecular formula is C16H12F3N5O4S. The normalized spacial score (nSPS) is 11.6. The number of amides is 1. The molecule has 0 aliphatic rings. The minimum Gasteiger partial charge on any atom is -0.507 e. The van der Waals surface area contributed by atoms with E-state index < -0.39 is 36.0 Å². The first-order valence-corrected chi connectivity index (χ1v) is 8.86. The zero-order chi connectivity index (χ0) is 21.2. The monoisotopic (exact) mass is 427 g/mol. The Morgan fingerprint density at radius 3 is 2.62 bits per heavy atom. The maximum absolute atomic E-state index is 12.6. The number of rotatable bonds is 6. The first-order valence-electron chi connectivity index (χ1n) is 7.87. The lowest BCUT2D eigenvalue weighted by atomic mass is 10.2. The van der Waals surface area contributed by atoms with Crippen LogP contribution in [0, 0.1) is 0 Å². The molecule has 0 aliphatic heterocycles. The van der Waals surface area contributed by atoms with E-state index in [-0.39, 0.29) is 17.0 Å². The number of carbonyl (C=O) groups excluding carboxylic acids is 1. The molecule has 3 aromatic rings. The molecule has 29 heavy (non-hydrogen) atoms. The predicted octanol–water partition coefficient (Wildman–Crippen LogP) is 1.96. The molecule has 3 rings (SSSR count). The van der Waals surface area contributed by atoms with Gasteiger partial charge < -0.3 is 15.5 Å². The summed E-state index contributed by atoms with van der Waals surface area (Å²) in [6, 6.07) is 3.39. The van der Waals surface area contributed by atoms with Crippen LogP contribution in [0.3, 0.4) is 0 Å². The van der Waals surface area contributed by atoms with E-state index >= 15 is 0 Å². The zero-order valence-electron chi connectivity index (χ0n) is 14.3. The molecule has 0 unspecified atom stereocenters. The fraction of sp³-hybridized carbons (Fsp3) is 0.188. The highest BCUT2D eigenvalue weighted by Crippen LogP contribution is 2.31. The van der Waals surface area contributed by atoms with Crippen LogP contribution in [0.15, 0.2) is 35.7 Å². The summed E-state index contributed by atoms with van der Waals surface area (Å²) in [5, 5.41) is 25.3. The van der Waals surface area contributed by atoms with Crippen molar-refractivity contribution in [2.24, 2.45) is 0 Å². The van der Waals surface area contributed by atoms with E-state index in [4.69, 9.17) is 5.11 Å². The second-order valence-electron chi connectivity index (χ2n) is 5.65. The van der Waals surface area contributed by atoms with Gasteiger partial charge in [-0.2, -0.15) is 18.3 Å². The molecule has 0 saturated carbocycles. The van der Waals surface area contributed by atoms with Gasteiger partial charge in [-0.05, 0) is 11.6 Å². The molecule has 3 aromatic heterocycles. The number of hydrogen-bond acceptors (Lipinski definition) is 7. The summed E-state index contributed by atoms with van der Waals surface area (Å²) in [6.45, 7) is -0.643. The van der Waals surface area contributed by atoms with E-state index in [1.165, 1.54) is 16.6 Å². The minimum absolute atomic E-state index is 0.000864. The van der Waals surface area contributed by atoms with Crippen LogP contribution in [0.4, 0.5) is 13.2 Å². The van der Waals surface area contributed by atoms with Crippen molar-refractivity contribution >= 4 is 29.3 Å². The van der Waals surface area contributed by atoms with Crippen molar-refractivity contribution in [1.29, 1.82) is 0 Å². The lowest BCUT2D eigenvalue weighted by Gasteiger charge is -2.10. The predicted molar refractivity (Wildman–Crippen MR) is 93.4 cm³/mol. The standard InChI is InChI=1S/C16H12F3N5O4S/c17-16(18,19)10-2-1-8(4-20-10)6-29-11-3-9(25)13(14-22-7-23-24(11)14)15(28)21-5-12(26)27/h1-4,7,25H,5-6H2,(H,21,28)(H,26,27). The molecule has 152 valence electrons. The average Bonchev–Trinajstić information content (AvgIpc) is 3.13. The number of aliphatic carboxylic acids is 1. The van der Waals surface area contributed by atoms with Crippen LogP contribution in [0.5, 0.6) is 5.75 Å². The molecule has 0 bridgehead atoms. The van der Waals surface area contributed by atoms with E-state index in [0.717, 1.165) is 30.4 Å².